The summed E-state index contributed by atoms with van der Waals surface area (Å²) in [5.41, 5.74) is 0.577. The van der Waals surface area contributed by atoms with E-state index >= 15 is 0 Å². The number of hydrogen-bond donors (Lipinski definition) is 1. The van der Waals surface area contributed by atoms with Gasteiger partial charge in [0.1, 0.15) is 17.2 Å². The quantitative estimate of drug-likeness (QED) is 0.696. The van der Waals surface area contributed by atoms with Crippen molar-refractivity contribution < 1.29 is 14.3 Å². The molecule has 2 heterocycles. The molecule has 4 aliphatic carbocycles. The second kappa shape index (κ2) is 7.65. The molecule has 154 valence electrons. The Hall–Kier alpha value is -2.06. The molecule has 0 unspecified atom stereocenters. The molecule has 1 N–H and O–H groups in total. The Morgan fingerprint density at radius 3 is 2.59 bits per heavy atom. The normalized spacial score (nSPS) is 29.8. The van der Waals surface area contributed by atoms with Crippen LogP contribution in [0.1, 0.15) is 53.9 Å². The lowest BCUT2D eigenvalue weighted by molar-refractivity contribution is -0.00555. The van der Waals surface area contributed by atoms with E-state index in [1.807, 2.05) is 0 Å². The van der Waals surface area contributed by atoms with Gasteiger partial charge >= 0.3 is 0 Å². The predicted octanol–water partition coefficient (Wildman–Crippen LogP) is 3.68. The molecule has 2 aromatic heterocycles. The van der Waals surface area contributed by atoms with Gasteiger partial charge in [-0.3, -0.25) is 10.1 Å². The van der Waals surface area contributed by atoms with E-state index in [9.17, 15) is 4.79 Å². The highest BCUT2D eigenvalue weighted by Crippen LogP contribution is 2.61. The van der Waals surface area contributed by atoms with Gasteiger partial charge in [-0.2, -0.15) is 0 Å². The van der Waals surface area contributed by atoms with Crippen LogP contribution in [0.15, 0.2) is 18.3 Å². The molecule has 29 heavy (non-hydrogen) atoms. The lowest BCUT2D eigenvalue weighted by Crippen LogP contribution is -2.48. The van der Waals surface area contributed by atoms with E-state index in [-0.39, 0.29) is 11.3 Å². The number of ether oxygens (including phenoxy) is 2. The third kappa shape index (κ3) is 3.64. The SMILES string of the molecule is COCCOc1ncccc1C(=O)Nc1nnc(C23CC4CC(CC(C4)C2)C3)s1. The van der Waals surface area contributed by atoms with Gasteiger partial charge in [0.25, 0.3) is 5.91 Å². The van der Waals surface area contributed by atoms with Crippen molar-refractivity contribution in [3.8, 4) is 5.88 Å². The van der Waals surface area contributed by atoms with Gasteiger partial charge in [-0.05, 0) is 68.4 Å². The molecule has 4 saturated carbocycles. The van der Waals surface area contributed by atoms with Crippen molar-refractivity contribution in [3.63, 3.8) is 0 Å². The van der Waals surface area contributed by atoms with Crippen LogP contribution >= 0.6 is 11.3 Å². The predicted molar refractivity (Wildman–Crippen MR) is 109 cm³/mol. The fourth-order valence-corrected chi connectivity index (χ4v) is 6.88. The molecule has 4 aliphatic rings. The van der Waals surface area contributed by atoms with Crippen LogP contribution in [-0.2, 0) is 10.2 Å². The molecule has 4 bridgehead atoms. The topological polar surface area (TPSA) is 86.2 Å². The van der Waals surface area contributed by atoms with E-state index in [0.29, 0.717) is 29.8 Å². The minimum Gasteiger partial charge on any atom is -0.475 e. The van der Waals surface area contributed by atoms with Crippen molar-refractivity contribution in [1.29, 1.82) is 0 Å². The number of rotatable bonds is 7. The van der Waals surface area contributed by atoms with Gasteiger partial charge in [0.15, 0.2) is 0 Å². The number of anilines is 1. The Morgan fingerprint density at radius 2 is 1.90 bits per heavy atom. The van der Waals surface area contributed by atoms with Gasteiger partial charge in [0, 0.05) is 18.7 Å². The summed E-state index contributed by atoms with van der Waals surface area (Å²) in [6.07, 6.45) is 9.51. The maximum atomic E-state index is 12.8. The first-order valence-corrected chi connectivity index (χ1v) is 11.2. The van der Waals surface area contributed by atoms with Gasteiger partial charge < -0.3 is 9.47 Å². The summed E-state index contributed by atoms with van der Waals surface area (Å²) in [7, 11) is 1.60. The van der Waals surface area contributed by atoms with Gasteiger partial charge in [-0.15, -0.1) is 10.2 Å². The number of methoxy groups -OCH3 is 1. The van der Waals surface area contributed by atoms with Crippen LogP contribution in [0.5, 0.6) is 5.88 Å². The molecule has 0 aliphatic heterocycles. The highest BCUT2D eigenvalue weighted by atomic mass is 32.1. The number of aromatic nitrogens is 3. The minimum absolute atomic E-state index is 0.193. The molecule has 0 atom stereocenters. The van der Waals surface area contributed by atoms with E-state index in [0.717, 1.165) is 22.8 Å². The number of carbonyl (C=O) groups is 1. The van der Waals surface area contributed by atoms with Crippen molar-refractivity contribution in [2.45, 2.75) is 43.9 Å². The average molecular weight is 415 g/mol. The fraction of sp³-hybridized carbons (Fsp3) is 0.619. The van der Waals surface area contributed by atoms with Gasteiger partial charge in [-0.25, -0.2) is 4.98 Å². The lowest BCUT2D eigenvalue weighted by atomic mass is 9.50. The number of amides is 1. The number of pyridine rings is 1. The van der Waals surface area contributed by atoms with Crippen LogP contribution < -0.4 is 10.1 Å². The first-order valence-electron chi connectivity index (χ1n) is 10.4. The van der Waals surface area contributed by atoms with E-state index in [4.69, 9.17) is 9.47 Å². The minimum atomic E-state index is -0.279. The summed E-state index contributed by atoms with van der Waals surface area (Å²) < 4.78 is 10.6. The van der Waals surface area contributed by atoms with E-state index < -0.39 is 0 Å². The van der Waals surface area contributed by atoms with Crippen molar-refractivity contribution in [1.82, 2.24) is 15.2 Å². The zero-order valence-corrected chi connectivity index (χ0v) is 17.4. The molecule has 0 aromatic carbocycles. The number of nitrogens with zero attached hydrogens (tertiary/aromatic N) is 3. The van der Waals surface area contributed by atoms with Crippen molar-refractivity contribution in [3.05, 3.63) is 28.9 Å². The second-order valence-corrected chi connectivity index (χ2v) is 9.74. The maximum absolute atomic E-state index is 12.8. The summed E-state index contributed by atoms with van der Waals surface area (Å²) >= 11 is 1.54. The first kappa shape index (κ1) is 18.9. The summed E-state index contributed by atoms with van der Waals surface area (Å²) in [6, 6.07) is 3.42. The van der Waals surface area contributed by atoms with Crippen molar-refractivity contribution in [2.75, 3.05) is 25.6 Å². The van der Waals surface area contributed by atoms with Crippen LogP contribution in [0.3, 0.4) is 0 Å². The van der Waals surface area contributed by atoms with Crippen LogP contribution in [0.2, 0.25) is 0 Å². The Morgan fingerprint density at radius 1 is 1.17 bits per heavy atom. The van der Waals surface area contributed by atoms with E-state index in [2.05, 4.69) is 20.5 Å². The molecule has 8 heteroatoms. The molecule has 2 aromatic rings. The van der Waals surface area contributed by atoms with Crippen LogP contribution in [0, 0.1) is 17.8 Å². The molecule has 1 amide bonds. The Kier molecular flexibility index (Phi) is 4.99. The summed E-state index contributed by atoms with van der Waals surface area (Å²) in [5.74, 6) is 2.58. The lowest BCUT2D eigenvalue weighted by Gasteiger charge is -2.55. The van der Waals surface area contributed by atoms with Gasteiger partial charge in [0.2, 0.25) is 11.0 Å². The zero-order chi connectivity index (χ0) is 19.8. The maximum Gasteiger partial charge on any atom is 0.262 e. The summed E-state index contributed by atoms with van der Waals surface area (Å²) in [6.45, 7) is 0.769. The highest BCUT2D eigenvalue weighted by Gasteiger charge is 2.53. The second-order valence-electron chi connectivity index (χ2n) is 8.76. The van der Waals surface area contributed by atoms with Gasteiger partial charge in [0.05, 0.1) is 6.61 Å². The first-order chi connectivity index (χ1) is 14.1. The summed E-state index contributed by atoms with van der Waals surface area (Å²) in [4.78, 5) is 17.0. The van der Waals surface area contributed by atoms with E-state index in [1.54, 1.807) is 25.4 Å². The van der Waals surface area contributed by atoms with Crippen molar-refractivity contribution >= 4 is 22.4 Å². The van der Waals surface area contributed by atoms with E-state index in [1.165, 1.54) is 49.9 Å². The van der Waals surface area contributed by atoms with Crippen LogP contribution in [0.25, 0.3) is 0 Å². The molecule has 0 saturated heterocycles. The third-order valence-corrected chi connectivity index (χ3v) is 7.76. The largest absolute Gasteiger partial charge is 0.475 e. The number of nitrogens with one attached hydrogen (secondary N) is 1. The smallest absolute Gasteiger partial charge is 0.262 e. The molecule has 0 spiro atoms. The Labute approximate surface area is 174 Å². The molecule has 0 radical (unpaired) electrons. The monoisotopic (exact) mass is 414 g/mol. The van der Waals surface area contributed by atoms with Crippen molar-refractivity contribution in [2.24, 2.45) is 17.8 Å². The zero-order valence-electron chi connectivity index (χ0n) is 16.6. The van der Waals surface area contributed by atoms with Crippen LogP contribution in [-0.4, -0.2) is 41.4 Å². The van der Waals surface area contributed by atoms with Gasteiger partial charge in [-0.1, -0.05) is 11.3 Å². The molecule has 4 fully saturated rings. The number of carbonyl (C=O) groups excluding carboxylic acids is 1. The Bertz CT molecular complexity index is 864. The molecular formula is C21H26N4O3S. The molecule has 6 rings (SSSR count). The van der Waals surface area contributed by atoms with Crippen LogP contribution in [0.4, 0.5) is 5.13 Å². The number of hydrogen-bond acceptors (Lipinski definition) is 7. The Balaban J connectivity index is 1.31. The highest BCUT2D eigenvalue weighted by molar-refractivity contribution is 7.15. The summed E-state index contributed by atoms with van der Waals surface area (Å²) in [5, 5.41) is 13.4. The molecular weight excluding hydrogens is 388 g/mol. The third-order valence-electron chi connectivity index (χ3n) is 6.68. The fourth-order valence-electron chi connectivity index (χ4n) is 5.93. The standard InChI is InChI=1S/C21H26N4O3S/c1-27-5-6-28-18-16(3-2-4-22-18)17(26)23-20-25-24-19(29-20)21-10-13-7-14(11-21)9-15(8-13)12-21/h2-4,13-15H,5-12H2,1H3,(H,23,25,26). The average Bonchev–Trinajstić information content (AvgIpc) is 3.17. The molecule has 7 nitrogen and oxygen atoms in total.